The molecule has 2 aromatic rings. The van der Waals surface area contributed by atoms with Crippen LogP contribution in [0.25, 0.3) is 0 Å². The number of carbonyl (C=O) groups excluding carboxylic acids is 1. The standard InChI is InChI=1S/C13H10BrF3N2O3/c14-10-4-3-9(22-10)11(20)19-6-8-2-1-5-18-12(8)21-7-13(15,16)17/h1-5H,6-7H2,(H,19,20). The Morgan fingerprint density at radius 1 is 1.36 bits per heavy atom. The van der Waals surface area contributed by atoms with Crippen molar-refractivity contribution >= 4 is 21.8 Å². The smallest absolute Gasteiger partial charge is 0.422 e. The number of nitrogens with zero attached hydrogens (tertiary/aromatic N) is 1. The molecule has 0 aliphatic rings. The number of hydrogen-bond donors (Lipinski definition) is 1. The van der Waals surface area contributed by atoms with Crippen LogP contribution in [0.1, 0.15) is 16.1 Å². The van der Waals surface area contributed by atoms with Crippen molar-refractivity contribution in [3.8, 4) is 5.88 Å². The number of rotatable bonds is 5. The van der Waals surface area contributed by atoms with E-state index in [9.17, 15) is 18.0 Å². The van der Waals surface area contributed by atoms with Gasteiger partial charge in [0.05, 0.1) is 0 Å². The Balaban J connectivity index is 1.99. The van der Waals surface area contributed by atoms with Gasteiger partial charge in [0.1, 0.15) is 0 Å². The summed E-state index contributed by atoms with van der Waals surface area (Å²) in [6.45, 7) is -1.49. The summed E-state index contributed by atoms with van der Waals surface area (Å²) in [7, 11) is 0. The third kappa shape index (κ3) is 4.76. The monoisotopic (exact) mass is 378 g/mol. The Morgan fingerprint density at radius 3 is 2.77 bits per heavy atom. The molecule has 0 radical (unpaired) electrons. The molecule has 0 bridgehead atoms. The molecule has 1 N–H and O–H groups in total. The highest BCUT2D eigenvalue weighted by atomic mass is 79.9. The number of ether oxygens (including phenoxy) is 1. The molecule has 1 amide bonds. The van der Waals surface area contributed by atoms with Gasteiger partial charge in [-0.25, -0.2) is 4.98 Å². The molecular formula is C13H10BrF3N2O3. The van der Waals surface area contributed by atoms with Crippen LogP contribution in [0.5, 0.6) is 5.88 Å². The van der Waals surface area contributed by atoms with Gasteiger partial charge in [-0.05, 0) is 34.1 Å². The minimum atomic E-state index is -4.46. The number of carbonyl (C=O) groups is 1. The van der Waals surface area contributed by atoms with E-state index < -0.39 is 18.7 Å². The molecule has 5 nitrogen and oxygen atoms in total. The van der Waals surface area contributed by atoms with Crippen LogP contribution >= 0.6 is 15.9 Å². The van der Waals surface area contributed by atoms with Gasteiger partial charge in [-0.1, -0.05) is 6.07 Å². The molecule has 0 spiro atoms. The average Bonchev–Trinajstić information content (AvgIpc) is 2.89. The van der Waals surface area contributed by atoms with Gasteiger partial charge in [0.25, 0.3) is 5.91 Å². The molecule has 0 aromatic carbocycles. The quantitative estimate of drug-likeness (QED) is 0.866. The van der Waals surface area contributed by atoms with E-state index in [4.69, 9.17) is 4.42 Å². The molecule has 0 fully saturated rings. The van der Waals surface area contributed by atoms with Crippen LogP contribution in [0.4, 0.5) is 13.2 Å². The molecule has 0 saturated carbocycles. The van der Waals surface area contributed by atoms with E-state index in [1.54, 1.807) is 6.07 Å². The predicted octanol–water partition coefficient (Wildman–Crippen LogP) is 3.31. The molecular weight excluding hydrogens is 369 g/mol. The SMILES string of the molecule is O=C(NCc1cccnc1OCC(F)(F)F)c1ccc(Br)o1. The second-order valence-corrected chi connectivity index (χ2v) is 4.94. The Hall–Kier alpha value is -2.03. The van der Waals surface area contributed by atoms with Gasteiger partial charge in [0, 0.05) is 18.3 Å². The molecule has 9 heteroatoms. The lowest BCUT2D eigenvalue weighted by atomic mass is 10.2. The van der Waals surface area contributed by atoms with Crippen LogP contribution in [-0.2, 0) is 6.54 Å². The van der Waals surface area contributed by atoms with E-state index in [1.165, 1.54) is 24.4 Å². The van der Waals surface area contributed by atoms with Crippen molar-refractivity contribution in [3.63, 3.8) is 0 Å². The minimum absolute atomic E-state index is 0.0435. The van der Waals surface area contributed by atoms with Crippen LogP contribution in [0.15, 0.2) is 39.5 Å². The highest BCUT2D eigenvalue weighted by Crippen LogP contribution is 2.20. The average molecular weight is 379 g/mol. The first-order chi connectivity index (χ1) is 10.3. The number of halogens is 4. The molecule has 118 valence electrons. The first-order valence-corrected chi connectivity index (χ1v) is 6.81. The fraction of sp³-hybridized carbons (Fsp3) is 0.231. The lowest BCUT2D eigenvalue weighted by Crippen LogP contribution is -2.24. The molecule has 0 unspecified atom stereocenters. The van der Waals surface area contributed by atoms with Crippen LogP contribution in [0, 0.1) is 0 Å². The van der Waals surface area contributed by atoms with Crippen molar-refractivity contribution in [1.82, 2.24) is 10.3 Å². The Morgan fingerprint density at radius 2 is 2.14 bits per heavy atom. The van der Waals surface area contributed by atoms with Gasteiger partial charge >= 0.3 is 6.18 Å². The summed E-state index contributed by atoms with van der Waals surface area (Å²) in [5.41, 5.74) is 0.325. The Bertz CT molecular complexity index is 658. The van der Waals surface area contributed by atoms with Crippen LogP contribution in [0.3, 0.4) is 0 Å². The van der Waals surface area contributed by atoms with E-state index in [-0.39, 0.29) is 18.2 Å². The Labute approximate surface area is 131 Å². The highest BCUT2D eigenvalue weighted by Gasteiger charge is 2.29. The minimum Gasteiger partial charge on any atom is -0.468 e. The molecule has 0 aliphatic heterocycles. The lowest BCUT2D eigenvalue weighted by Gasteiger charge is -2.12. The zero-order chi connectivity index (χ0) is 16.2. The fourth-order valence-corrected chi connectivity index (χ4v) is 1.84. The summed E-state index contributed by atoms with van der Waals surface area (Å²) >= 11 is 3.06. The van der Waals surface area contributed by atoms with Crippen molar-refractivity contribution in [2.45, 2.75) is 12.7 Å². The molecule has 0 saturated heterocycles. The summed E-state index contributed by atoms with van der Waals surface area (Å²) < 4.78 is 46.6. The van der Waals surface area contributed by atoms with Crippen molar-refractivity contribution in [2.24, 2.45) is 0 Å². The number of hydrogen-bond acceptors (Lipinski definition) is 4. The van der Waals surface area contributed by atoms with Crippen LogP contribution in [0.2, 0.25) is 0 Å². The zero-order valence-electron chi connectivity index (χ0n) is 11.0. The number of amides is 1. The summed E-state index contributed by atoms with van der Waals surface area (Å²) in [5.74, 6) is -0.606. The maximum Gasteiger partial charge on any atom is 0.422 e. The maximum atomic E-state index is 12.2. The molecule has 0 aliphatic carbocycles. The van der Waals surface area contributed by atoms with Crippen molar-refractivity contribution < 1.29 is 27.1 Å². The molecule has 0 atom stereocenters. The number of alkyl halides is 3. The summed E-state index contributed by atoms with van der Waals surface area (Å²) in [5, 5.41) is 2.51. The van der Waals surface area contributed by atoms with Crippen molar-refractivity contribution in [1.29, 1.82) is 0 Å². The second-order valence-electron chi connectivity index (χ2n) is 4.16. The van der Waals surface area contributed by atoms with E-state index in [0.29, 0.717) is 10.2 Å². The van der Waals surface area contributed by atoms with Crippen LogP contribution < -0.4 is 10.1 Å². The molecule has 2 aromatic heterocycles. The van der Waals surface area contributed by atoms with Gasteiger partial charge < -0.3 is 14.5 Å². The third-order valence-electron chi connectivity index (χ3n) is 2.46. The first-order valence-electron chi connectivity index (χ1n) is 6.02. The number of pyridine rings is 1. The topological polar surface area (TPSA) is 64.4 Å². The first kappa shape index (κ1) is 16.3. The number of furan rings is 1. The highest BCUT2D eigenvalue weighted by molar-refractivity contribution is 9.10. The van der Waals surface area contributed by atoms with E-state index in [1.807, 2.05) is 0 Å². The summed E-state index contributed by atoms with van der Waals surface area (Å²) in [6, 6.07) is 6.06. The van der Waals surface area contributed by atoms with E-state index in [0.717, 1.165) is 0 Å². The fourth-order valence-electron chi connectivity index (χ4n) is 1.54. The lowest BCUT2D eigenvalue weighted by molar-refractivity contribution is -0.154. The largest absolute Gasteiger partial charge is 0.468 e. The molecule has 22 heavy (non-hydrogen) atoms. The van der Waals surface area contributed by atoms with Gasteiger partial charge in [-0.3, -0.25) is 4.79 Å². The van der Waals surface area contributed by atoms with Gasteiger partial charge in [0.2, 0.25) is 5.88 Å². The molecule has 2 rings (SSSR count). The zero-order valence-corrected chi connectivity index (χ0v) is 12.6. The Kier molecular flexibility index (Phi) is 5.07. The predicted molar refractivity (Wildman–Crippen MR) is 73.4 cm³/mol. The molecule has 2 heterocycles. The van der Waals surface area contributed by atoms with Crippen LogP contribution in [-0.4, -0.2) is 23.7 Å². The van der Waals surface area contributed by atoms with Gasteiger partial charge in [0.15, 0.2) is 17.0 Å². The van der Waals surface area contributed by atoms with Crippen molar-refractivity contribution in [3.05, 3.63) is 46.5 Å². The number of aromatic nitrogens is 1. The summed E-state index contributed by atoms with van der Waals surface area (Å²) in [6.07, 6.45) is -3.15. The van der Waals surface area contributed by atoms with E-state index >= 15 is 0 Å². The number of nitrogens with one attached hydrogen (secondary N) is 1. The van der Waals surface area contributed by atoms with E-state index in [2.05, 4.69) is 31.0 Å². The van der Waals surface area contributed by atoms with Gasteiger partial charge in [-0.15, -0.1) is 0 Å². The van der Waals surface area contributed by atoms with Gasteiger partial charge in [-0.2, -0.15) is 13.2 Å². The maximum absolute atomic E-state index is 12.2. The normalized spacial score (nSPS) is 11.3. The third-order valence-corrected chi connectivity index (χ3v) is 2.89. The second kappa shape index (κ2) is 6.82. The summed E-state index contributed by atoms with van der Waals surface area (Å²) in [4.78, 5) is 15.5. The van der Waals surface area contributed by atoms with Crippen molar-refractivity contribution in [2.75, 3.05) is 6.61 Å².